The van der Waals surface area contributed by atoms with Crippen LogP contribution in [-0.4, -0.2) is 86.0 Å². The number of rotatable bonds is 16. The first-order valence-corrected chi connectivity index (χ1v) is 11.2. The number of nitrogens with zero attached hydrogens (tertiary/aromatic N) is 1. The smallest absolute Gasteiger partial charge is 0.327 e. The summed E-state index contributed by atoms with van der Waals surface area (Å²) in [5, 5.41) is 25.8. The summed E-state index contributed by atoms with van der Waals surface area (Å²) in [5.41, 5.74) is 6.05. The summed E-state index contributed by atoms with van der Waals surface area (Å²) in [6.07, 6.45) is 3.54. The van der Waals surface area contributed by atoms with Gasteiger partial charge >= 0.3 is 11.9 Å². The molecule has 0 fully saturated rings. The molecule has 2 unspecified atom stereocenters. The van der Waals surface area contributed by atoms with E-state index >= 15 is 0 Å². The second-order valence-electron chi connectivity index (χ2n) is 7.20. The summed E-state index contributed by atoms with van der Waals surface area (Å²) in [7, 11) is 0. The molecule has 0 aliphatic heterocycles. The van der Waals surface area contributed by atoms with Crippen molar-refractivity contribution >= 4 is 40.6 Å². The fourth-order valence-electron chi connectivity index (χ4n) is 2.60. The molecule has 0 saturated heterocycles. The van der Waals surface area contributed by atoms with E-state index < -0.39 is 36.0 Å². The van der Waals surface area contributed by atoms with Gasteiger partial charge in [0.15, 0.2) is 0 Å². The molecule has 0 radical (unpaired) electrons. The lowest BCUT2D eigenvalue weighted by atomic mass is 10.1. The van der Waals surface area contributed by atoms with Gasteiger partial charge in [-0.05, 0) is 19.4 Å². The number of imidazole rings is 1. The molecule has 1 heterocycles. The van der Waals surface area contributed by atoms with Gasteiger partial charge in [-0.15, -0.1) is 0 Å². The topological polar surface area (TPSA) is 217 Å². The number of aromatic amines is 1. The third-order valence-electron chi connectivity index (χ3n) is 4.41. The molecule has 3 atom stereocenters. The molecule has 184 valence electrons. The van der Waals surface area contributed by atoms with E-state index in [2.05, 4.69) is 25.9 Å². The van der Waals surface area contributed by atoms with Crippen molar-refractivity contribution < 1.29 is 34.2 Å². The average Bonchev–Trinajstić information content (AvgIpc) is 3.26. The molecule has 0 aliphatic rings. The Morgan fingerprint density at radius 2 is 1.88 bits per heavy atom. The van der Waals surface area contributed by atoms with Gasteiger partial charge in [-0.25, -0.2) is 9.78 Å². The highest BCUT2D eigenvalue weighted by atomic mass is 32.2. The van der Waals surface area contributed by atoms with Crippen LogP contribution in [0.1, 0.15) is 31.9 Å². The molecule has 0 aliphatic carbocycles. The van der Waals surface area contributed by atoms with Crippen molar-refractivity contribution in [1.29, 1.82) is 0 Å². The summed E-state index contributed by atoms with van der Waals surface area (Å²) in [6.45, 7) is 2.29. The van der Waals surface area contributed by atoms with E-state index in [0.29, 0.717) is 31.6 Å². The molecule has 1 rings (SSSR count). The zero-order valence-corrected chi connectivity index (χ0v) is 19.0. The number of carbonyl (C=O) groups excluding carboxylic acids is 3. The minimum Gasteiger partial charge on any atom is -0.480 e. The van der Waals surface area contributed by atoms with E-state index in [-0.39, 0.29) is 29.6 Å². The highest BCUT2D eigenvalue weighted by Crippen LogP contribution is 2.12. The van der Waals surface area contributed by atoms with Crippen LogP contribution in [0.4, 0.5) is 0 Å². The fraction of sp³-hybridized carbons (Fsp3) is 0.579. The van der Waals surface area contributed by atoms with E-state index in [0.717, 1.165) is 11.8 Å². The lowest BCUT2D eigenvalue weighted by molar-refractivity contribution is -0.141. The zero-order chi connectivity index (χ0) is 24.8. The Hall–Kier alpha value is -2.97. The van der Waals surface area contributed by atoms with Crippen LogP contribution in [-0.2, 0) is 30.4 Å². The number of nitrogens with one attached hydrogen (secondary N) is 4. The molecule has 0 spiro atoms. The van der Waals surface area contributed by atoms with Gasteiger partial charge in [0.1, 0.15) is 12.1 Å². The summed E-state index contributed by atoms with van der Waals surface area (Å²) in [6, 6.07) is -3.21. The second-order valence-corrected chi connectivity index (χ2v) is 8.22. The third kappa shape index (κ3) is 12.0. The van der Waals surface area contributed by atoms with Gasteiger partial charge in [0.05, 0.1) is 12.4 Å². The van der Waals surface area contributed by atoms with Crippen LogP contribution in [0.2, 0.25) is 0 Å². The van der Waals surface area contributed by atoms with Crippen molar-refractivity contribution in [3.63, 3.8) is 0 Å². The van der Waals surface area contributed by atoms with Gasteiger partial charge in [0.25, 0.3) is 0 Å². The van der Waals surface area contributed by atoms with E-state index in [1.165, 1.54) is 13.3 Å². The molecule has 0 aromatic carbocycles. The fourth-order valence-corrected chi connectivity index (χ4v) is 3.53. The van der Waals surface area contributed by atoms with Crippen LogP contribution in [0, 0.1) is 0 Å². The van der Waals surface area contributed by atoms with Gasteiger partial charge in [0, 0.05) is 44.0 Å². The summed E-state index contributed by atoms with van der Waals surface area (Å²) in [5.74, 6) is -3.61. The summed E-state index contributed by atoms with van der Waals surface area (Å²) < 4.78 is 0. The van der Waals surface area contributed by atoms with E-state index in [1.807, 2.05) is 0 Å². The minimum atomic E-state index is -1.33. The lowest BCUT2D eigenvalue weighted by Gasteiger charge is -2.19. The number of H-pyrrole nitrogens is 1. The number of aliphatic carboxylic acids is 2. The van der Waals surface area contributed by atoms with Crippen LogP contribution in [0.3, 0.4) is 0 Å². The number of carboxylic acids is 2. The van der Waals surface area contributed by atoms with Crippen molar-refractivity contribution in [2.75, 3.05) is 18.8 Å². The maximum absolute atomic E-state index is 12.8. The monoisotopic (exact) mass is 486 g/mol. The van der Waals surface area contributed by atoms with Crippen LogP contribution < -0.4 is 21.7 Å². The Bertz CT molecular complexity index is 805. The quantitative estimate of drug-likeness (QED) is 0.133. The summed E-state index contributed by atoms with van der Waals surface area (Å²) in [4.78, 5) is 64.7. The van der Waals surface area contributed by atoms with Gasteiger partial charge in [-0.3, -0.25) is 19.2 Å². The SMILES string of the molecule is CC(=O)NCCCN[C@@H](Cc1cnc[nH]1)C(=O)SCC(NC(=O)CCC(N)C(=O)O)C(=O)O. The van der Waals surface area contributed by atoms with E-state index in [1.54, 1.807) is 6.20 Å². The predicted molar refractivity (Wildman–Crippen MR) is 119 cm³/mol. The molecule has 33 heavy (non-hydrogen) atoms. The molecular weight excluding hydrogens is 456 g/mol. The first-order chi connectivity index (χ1) is 15.6. The number of carbonyl (C=O) groups is 5. The molecule has 14 heteroatoms. The molecule has 1 aromatic heterocycles. The number of amides is 2. The van der Waals surface area contributed by atoms with Crippen LogP contribution in [0.5, 0.6) is 0 Å². The number of hydrogen-bond donors (Lipinski definition) is 7. The zero-order valence-electron chi connectivity index (χ0n) is 18.2. The first-order valence-electron chi connectivity index (χ1n) is 10.2. The second kappa shape index (κ2) is 15.0. The largest absolute Gasteiger partial charge is 0.480 e. The van der Waals surface area contributed by atoms with Crippen molar-refractivity contribution in [3.05, 3.63) is 18.2 Å². The standard InChI is InChI=1S/C19H30N6O7S/c1-11(26)22-5-2-6-23-14(7-12-8-21-10-24-12)19(32)33-9-15(18(30)31)25-16(27)4-3-13(20)17(28)29/h8,10,13-15,23H,2-7,9,20H2,1H3,(H,21,24)(H,22,26)(H,25,27)(H,28,29)(H,30,31)/t13?,14-,15?/m0/s1. The van der Waals surface area contributed by atoms with Crippen LogP contribution in [0.15, 0.2) is 12.5 Å². The van der Waals surface area contributed by atoms with Gasteiger partial charge in [-0.2, -0.15) is 0 Å². The molecule has 13 nitrogen and oxygen atoms in total. The number of thioether (sulfide) groups is 1. The molecule has 8 N–H and O–H groups in total. The van der Waals surface area contributed by atoms with Crippen molar-refractivity contribution in [3.8, 4) is 0 Å². The summed E-state index contributed by atoms with van der Waals surface area (Å²) >= 11 is 0.763. The Labute approximate surface area is 194 Å². The molecule has 0 bridgehead atoms. The van der Waals surface area contributed by atoms with Gasteiger partial charge in [-0.1, -0.05) is 11.8 Å². The normalized spacial score (nSPS) is 13.5. The first kappa shape index (κ1) is 28.1. The predicted octanol–water partition coefficient (Wildman–Crippen LogP) is -1.54. The van der Waals surface area contributed by atoms with Crippen LogP contribution in [0.25, 0.3) is 0 Å². The Balaban J connectivity index is 2.60. The number of hydrogen-bond acceptors (Lipinski definition) is 9. The van der Waals surface area contributed by atoms with Crippen molar-refractivity contribution in [2.45, 2.75) is 50.7 Å². The highest BCUT2D eigenvalue weighted by molar-refractivity contribution is 8.13. The Morgan fingerprint density at radius 1 is 1.15 bits per heavy atom. The Morgan fingerprint density at radius 3 is 2.45 bits per heavy atom. The Kier molecular flexibility index (Phi) is 12.7. The lowest BCUT2D eigenvalue weighted by Crippen LogP contribution is -2.44. The maximum Gasteiger partial charge on any atom is 0.327 e. The molecule has 1 aromatic rings. The third-order valence-corrected chi connectivity index (χ3v) is 5.48. The average molecular weight is 487 g/mol. The molecule has 0 saturated carbocycles. The number of aromatic nitrogens is 2. The number of carboxylic acid groups (broad SMARTS) is 2. The molecular formula is C19H30N6O7S. The molecule has 2 amide bonds. The van der Waals surface area contributed by atoms with Gasteiger partial charge < -0.3 is 36.9 Å². The highest BCUT2D eigenvalue weighted by Gasteiger charge is 2.25. The van der Waals surface area contributed by atoms with Gasteiger partial charge in [0.2, 0.25) is 16.9 Å². The van der Waals surface area contributed by atoms with Crippen molar-refractivity contribution in [1.82, 2.24) is 25.9 Å². The number of nitrogens with two attached hydrogens (primary N) is 1. The van der Waals surface area contributed by atoms with Crippen molar-refractivity contribution in [2.24, 2.45) is 5.73 Å². The van der Waals surface area contributed by atoms with Crippen LogP contribution >= 0.6 is 11.8 Å². The van der Waals surface area contributed by atoms with E-state index in [4.69, 9.17) is 10.8 Å². The minimum absolute atomic E-state index is 0.145. The maximum atomic E-state index is 12.8. The van der Waals surface area contributed by atoms with E-state index in [9.17, 15) is 29.1 Å².